The maximum Gasteiger partial charge on any atom is 0.246 e. The normalized spacial score (nSPS) is 16.0. The van der Waals surface area contributed by atoms with Crippen molar-refractivity contribution in [3.05, 3.63) is 65.5 Å². The van der Waals surface area contributed by atoms with E-state index in [1.165, 1.54) is 12.1 Å². The van der Waals surface area contributed by atoms with Crippen LogP contribution in [0.3, 0.4) is 0 Å². The summed E-state index contributed by atoms with van der Waals surface area (Å²) in [6, 6.07) is 10.5. The minimum atomic E-state index is -3.56. The lowest BCUT2D eigenvalue weighted by atomic mass is 9.92. The number of halogens is 1. The number of hydrogen-bond acceptors (Lipinski definition) is 4. The summed E-state index contributed by atoms with van der Waals surface area (Å²) in [5.41, 5.74) is 4.34. The number of benzene rings is 1. The minimum absolute atomic E-state index is 0.185. The zero-order valence-corrected chi connectivity index (χ0v) is 18.9. The summed E-state index contributed by atoms with van der Waals surface area (Å²) in [5, 5.41) is 4.28. The van der Waals surface area contributed by atoms with Gasteiger partial charge in [-0.2, -0.15) is 9.40 Å². The number of rotatable bonds is 5. The largest absolute Gasteiger partial charge is 0.271 e. The number of pyridine rings is 1. The summed E-state index contributed by atoms with van der Waals surface area (Å²) in [6.45, 7) is 7.15. The molecule has 6 nitrogen and oxygen atoms in total. The SMILES string of the molecule is CCn1cc(S(=O)(=O)N2CCC(c3cc(-c4ccc(F)cc4)cc(C)n3)CC2)c(C)n1. The molecule has 0 N–H and O–H groups in total. The van der Waals surface area contributed by atoms with Crippen molar-refractivity contribution < 1.29 is 12.8 Å². The lowest BCUT2D eigenvalue weighted by Gasteiger charge is -2.31. The van der Waals surface area contributed by atoms with Crippen LogP contribution in [0.25, 0.3) is 11.1 Å². The maximum atomic E-state index is 13.3. The maximum absolute atomic E-state index is 13.3. The first-order chi connectivity index (χ1) is 14.8. The standard InChI is InChI=1S/C23H27FN4O2S/c1-4-27-15-23(17(3)26-27)31(29,30)28-11-9-19(10-12-28)22-14-20(13-16(2)25-22)18-5-7-21(24)8-6-18/h5-8,13-15,19H,4,9-12H2,1-3H3. The van der Waals surface area contributed by atoms with Crippen molar-refractivity contribution in [3.63, 3.8) is 0 Å². The lowest BCUT2D eigenvalue weighted by Crippen LogP contribution is -2.38. The zero-order valence-electron chi connectivity index (χ0n) is 18.0. The van der Waals surface area contributed by atoms with Crippen molar-refractivity contribution in [1.82, 2.24) is 19.1 Å². The molecule has 1 saturated heterocycles. The van der Waals surface area contributed by atoms with Crippen molar-refractivity contribution >= 4 is 10.0 Å². The van der Waals surface area contributed by atoms with Crippen molar-refractivity contribution in [2.75, 3.05) is 13.1 Å². The molecule has 3 heterocycles. The van der Waals surface area contributed by atoms with Gasteiger partial charge in [0, 0.05) is 43.1 Å². The van der Waals surface area contributed by atoms with Crippen LogP contribution >= 0.6 is 0 Å². The van der Waals surface area contributed by atoms with E-state index in [4.69, 9.17) is 4.98 Å². The van der Waals surface area contributed by atoms with Crippen LogP contribution in [0.1, 0.15) is 42.8 Å². The fraction of sp³-hybridized carbons (Fsp3) is 0.391. The molecule has 2 aromatic heterocycles. The fourth-order valence-electron chi connectivity index (χ4n) is 4.16. The van der Waals surface area contributed by atoms with Gasteiger partial charge in [-0.1, -0.05) is 12.1 Å². The number of aryl methyl sites for hydroxylation is 3. The molecule has 0 spiro atoms. The second-order valence-electron chi connectivity index (χ2n) is 8.04. The van der Waals surface area contributed by atoms with Gasteiger partial charge >= 0.3 is 0 Å². The highest BCUT2D eigenvalue weighted by Gasteiger charge is 2.32. The van der Waals surface area contributed by atoms with Crippen LogP contribution in [0.15, 0.2) is 47.5 Å². The summed E-state index contributed by atoms with van der Waals surface area (Å²) >= 11 is 0. The van der Waals surface area contributed by atoms with Gasteiger partial charge in [-0.3, -0.25) is 9.67 Å². The molecule has 4 rings (SSSR count). The van der Waals surface area contributed by atoms with E-state index in [-0.39, 0.29) is 11.7 Å². The van der Waals surface area contributed by atoms with Crippen molar-refractivity contribution in [2.24, 2.45) is 0 Å². The smallest absolute Gasteiger partial charge is 0.246 e. The Morgan fingerprint density at radius 3 is 2.35 bits per heavy atom. The Morgan fingerprint density at radius 2 is 1.74 bits per heavy atom. The molecule has 0 atom stereocenters. The van der Waals surface area contributed by atoms with Crippen LogP contribution < -0.4 is 0 Å². The molecule has 8 heteroatoms. The van der Waals surface area contributed by atoms with E-state index < -0.39 is 10.0 Å². The van der Waals surface area contributed by atoms with E-state index in [0.29, 0.717) is 43.1 Å². The number of sulfonamides is 1. The number of hydrogen-bond donors (Lipinski definition) is 0. The third-order valence-corrected chi connectivity index (χ3v) is 7.87. The number of aromatic nitrogens is 3. The van der Waals surface area contributed by atoms with Gasteiger partial charge in [-0.25, -0.2) is 12.8 Å². The summed E-state index contributed by atoms with van der Waals surface area (Å²) in [6.07, 6.45) is 3.03. The molecule has 1 aromatic carbocycles. The van der Waals surface area contributed by atoms with E-state index >= 15 is 0 Å². The first-order valence-electron chi connectivity index (χ1n) is 10.6. The third kappa shape index (κ3) is 4.41. The Labute approximate surface area is 182 Å². The van der Waals surface area contributed by atoms with Crippen LogP contribution in [0.4, 0.5) is 4.39 Å². The molecule has 0 bridgehead atoms. The fourth-order valence-corrected chi connectivity index (χ4v) is 5.80. The summed E-state index contributed by atoms with van der Waals surface area (Å²) in [7, 11) is -3.56. The Balaban J connectivity index is 1.52. The molecule has 1 aliphatic heterocycles. The Bertz CT molecular complexity index is 1180. The predicted molar refractivity (Wildman–Crippen MR) is 118 cm³/mol. The molecule has 0 unspecified atom stereocenters. The Hall–Kier alpha value is -2.58. The van der Waals surface area contributed by atoms with Gasteiger partial charge in [0.1, 0.15) is 10.7 Å². The van der Waals surface area contributed by atoms with E-state index in [9.17, 15) is 12.8 Å². The topological polar surface area (TPSA) is 68.1 Å². The molecular formula is C23H27FN4O2S. The number of piperidine rings is 1. The molecule has 0 amide bonds. The van der Waals surface area contributed by atoms with E-state index in [1.807, 2.05) is 26.0 Å². The van der Waals surface area contributed by atoms with Crippen molar-refractivity contribution in [1.29, 1.82) is 0 Å². The van der Waals surface area contributed by atoms with E-state index in [2.05, 4.69) is 5.10 Å². The molecule has 1 aliphatic rings. The average Bonchev–Trinajstić information content (AvgIpc) is 3.15. The van der Waals surface area contributed by atoms with Gasteiger partial charge in [0.25, 0.3) is 0 Å². The average molecular weight is 443 g/mol. The molecule has 164 valence electrons. The minimum Gasteiger partial charge on any atom is -0.271 e. The van der Waals surface area contributed by atoms with Crippen LogP contribution in [-0.2, 0) is 16.6 Å². The quantitative estimate of drug-likeness (QED) is 0.591. The van der Waals surface area contributed by atoms with Gasteiger partial charge in [-0.05, 0) is 69.0 Å². The predicted octanol–water partition coefficient (Wildman–Crippen LogP) is 4.29. The molecule has 0 saturated carbocycles. The molecule has 0 aliphatic carbocycles. The number of nitrogens with zero attached hydrogens (tertiary/aromatic N) is 4. The van der Waals surface area contributed by atoms with Crippen LogP contribution in [0.5, 0.6) is 0 Å². The molecule has 1 fully saturated rings. The Morgan fingerprint density at radius 1 is 1.06 bits per heavy atom. The third-order valence-electron chi connectivity index (χ3n) is 5.87. The monoisotopic (exact) mass is 442 g/mol. The van der Waals surface area contributed by atoms with Gasteiger partial charge in [-0.15, -0.1) is 0 Å². The summed E-state index contributed by atoms with van der Waals surface area (Å²) in [5.74, 6) is -0.0759. The second kappa shape index (κ2) is 8.51. The van der Waals surface area contributed by atoms with Gasteiger partial charge in [0.15, 0.2) is 0 Å². The van der Waals surface area contributed by atoms with Crippen molar-refractivity contribution in [2.45, 2.75) is 51.0 Å². The van der Waals surface area contributed by atoms with Crippen LogP contribution in [-0.4, -0.2) is 40.6 Å². The highest BCUT2D eigenvalue weighted by molar-refractivity contribution is 7.89. The van der Waals surface area contributed by atoms with Gasteiger partial charge in [0.2, 0.25) is 10.0 Å². The lowest BCUT2D eigenvalue weighted by molar-refractivity contribution is 0.316. The van der Waals surface area contributed by atoms with E-state index in [0.717, 1.165) is 22.5 Å². The highest BCUT2D eigenvalue weighted by atomic mass is 32.2. The van der Waals surface area contributed by atoms with Crippen LogP contribution in [0, 0.1) is 19.7 Å². The van der Waals surface area contributed by atoms with Gasteiger partial charge in [0.05, 0.1) is 5.69 Å². The summed E-state index contributed by atoms with van der Waals surface area (Å²) < 4.78 is 42.8. The first kappa shape index (κ1) is 21.6. The van der Waals surface area contributed by atoms with Crippen molar-refractivity contribution in [3.8, 4) is 11.1 Å². The zero-order chi connectivity index (χ0) is 22.2. The van der Waals surface area contributed by atoms with Gasteiger partial charge < -0.3 is 0 Å². The van der Waals surface area contributed by atoms with E-state index in [1.54, 1.807) is 34.2 Å². The Kier molecular flexibility index (Phi) is 5.94. The first-order valence-corrected chi connectivity index (χ1v) is 12.0. The molecule has 31 heavy (non-hydrogen) atoms. The molecular weight excluding hydrogens is 415 g/mol. The van der Waals surface area contributed by atoms with Crippen LogP contribution in [0.2, 0.25) is 0 Å². The summed E-state index contributed by atoms with van der Waals surface area (Å²) in [4.78, 5) is 5.01. The molecule has 0 radical (unpaired) electrons. The molecule has 3 aromatic rings. The second-order valence-corrected chi connectivity index (χ2v) is 9.95. The highest BCUT2D eigenvalue weighted by Crippen LogP contribution is 2.32.